The molecule has 0 N–H and O–H groups in total. The van der Waals surface area contributed by atoms with E-state index in [2.05, 4.69) is 15.6 Å². The predicted molar refractivity (Wildman–Crippen MR) is 89.3 cm³/mol. The molecule has 0 fully saturated rings. The van der Waals surface area contributed by atoms with Gasteiger partial charge in [0.05, 0.1) is 11.0 Å². The molecule has 4 rings (SSSR count). The largest absolute Gasteiger partial charge is 0.291 e. The van der Waals surface area contributed by atoms with E-state index in [1.54, 1.807) is 6.20 Å². The van der Waals surface area contributed by atoms with Crippen molar-refractivity contribution >= 4 is 22.6 Å². The van der Waals surface area contributed by atoms with Crippen LogP contribution in [0.2, 0.25) is 5.02 Å². The maximum Gasteiger partial charge on any atom is 0.164 e. The van der Waals surface area contributed by atoms with E-state index >= 15 is 0 Å². The molecule has 0 spiro atoms. The molecular formula is C18H12ClN3. The van der Waals surface area contributed by atoms with Crippen molar-refractivity contribution < 1.29 is 0 Å². The minimum absolute atomic E-state index is 0.715. The zero-order chi connectivity index (χ0) is 14.9. The average Bonchev–Trinajstić information content (AvgIpc) is 2.96. The van der Waals surface area contributed by atoms with Crippen LogP contribution < -0.4 is 0 Å². The molecule has 0 bridgehead atoms. The molecule has 2 heterocycles. The molecule has 0 radical (unpaired) electrons. The van der Waals surface area contributed by atoms with Crippen molar-refractivity contribution in [1.82, 2.24) is 14.5 Å². The lowest BCUT2D eigenvalue weighted by atomic mass is 10.2. The summed E-state index contributed by atoms with van der Waals surface area (Å²) >= 11 is 6.01. The molecular weight excluding hydrogens is 294 g/mol. The van der Waals surface area contributed by atoms with Crippen LogP contribution in [0.25, 0.3) is 28.2 Å². The minimum atomic E-state index is 0.715. The molecule has 0 aliphatic rings. The zero-order valence-corrected chi connectivity index (χ0v) is 12.4. The van der Waals surface area contributed by atoms with Gasteiger partial charge < -0.3 is 0 Å². The van der Waals surface area contributed by atoms with E-state index < -0.39 is 0 Å². The number of fused-ring (bicyclic) bond motifs is 1. The molecule has 0 saturated heterocycles. The Bertz CT molecular complexity index is 928. The summed E-state index contributed by atoms with van der Waals surface area (Å²) < 4.78 is 2.11. The smallest absolute Gasteiger partial charge is 0.164 e. The Balaban J connectivity index is 2.04. The normalized spacial score (nSPS) is 11.0. The van der Waals surface area contributed by atoms with E-state index in [1.165, 1.54) is 0 Å². The van der Waals surface area contributed by atoms with Crippen molar-refractivity contribution in [3.8, 4) is 17.2 Å². The first kappa shape index (κ1) is 13.0. The SMILES string of the molecule is Clc1ccc(-n2c(-c3ccccn3)nc3ccccc32)cc1. The summed E-state index contributed by atoms with van der Waals surface area (Å²) in [5.74, 6) is 0.823. The van der Waals surface area contributed by atoms with Gasteiger partial charge in [-0.2, -0.15) is 0 Å². The zero-order valence-electron chi connectivity index (χ0n) is 11.6. The molecule has 0 saturated carbocycles. The second kappa shape index (κ2) is 5.28. The number of para-hydroxylation sites is 2. The summed E-state index contributed by atoms with van der Waals surface area (Å²) in [6, 6.07) is 21.6. The van der Waals surface area contributed by atoms with Crippen LogP contribution in [0.5, 0.6) is 0 Å². The van der Waals surface area contributed by atoms with Gasteiger partial charge in [0.2, 0.25) is 0 Å². The van der Waals surface area contributed by atoms with E-state index in [4.69, 9.17) is 16.6 Å². The third kappa shape index (κ3) is 2.16. The lowest BCUT2D eigenvalue weighted by Gasteiger charge is -2.09. The number of benzene rings is 2. The molecule has 4 heteroatoms. The van der Waals surface area contributed by atoms with Crippen LogP contribution in [0.4, 0.5) is 0 Å². The highest BCUT2D eigenvalue weighted by Gasteiger charge is 2.14. The van der Waals surface area contributed by atoms with Crippen molar-refractivity contribution in [2.24, 2.45) is 0 Å². The fraction of sp³-hybridized carbons (Fsp3) is 0. The highest BCUT2D eigenvalue weighted by molar-refractivity contribution is 6.30. The quantitative estimate of drug-likeness (QED) is 0.535. The van der Waals surface area contributed by atoms with Crippen molar-refractivity contribution in [2.75, 3.05) is 0 Å². The van der Waals surface area contributed by atoms with Crippen LogP contribution in [0.3, 0.4) is 0 Å². The molecule has 2 aromatic heterocycles. The number of pyridine rings is 1. The van der Waals surface area contributed by atoms with E-state index in [-0.39, 0.29) is 0 Å². The fourth-order valence-corrected chi connectivity index (χ4v) is 2.67. The van der Waals surface area contributed by atoms with E-state index in [0.717, 1.165) is 28.2 Å². The van der Waals surface area contributed by atoms with E-state index in [1.807, 2.05) is 60.7 Å². The van der Waals surface area contributed by atoms with Gasteiger partial charge >= 0.3 is 0 Å². The second-order valence-corrected chi connectivity index (χ2v) is 5.39. The first-order valence-corrected chi connectivity index (χ1v) is 7.35. The van der Waals surface area contributed by atoms with Crippen LogP contribution in [0.1, 0.15) is 0 Å². The molecule has 4 aromatic rings. The van der Waals surface area contributed by atoms with Gasteiger partial charge in [0.15, 0.2) is 5.82 Å². The Kier molecular flexibility index (Phi) is 3.13. The number of halogens is 1. The van der Waals surface area contributed by atoms with Crippen molar-refractivity contribution in [3.05, 3.63) is 77.9 Å². The van der Waals surface area contributed by atoms with Gasteiger partial charge in [-0.25, -0.2) is 4.98 Å². The maximum atomic E-state index is 6.01. The van der Waals surface area contributed by atoms with Crippen molar-refractivity contribution in [3.63, 3.8) is 0 Å². The minimum Gasteiger partial charge on any atom is -0.291 e. The third-order valence-electron chi connectivity index (χ3n) is 3.54. The van der Waals surface area contributed by atoms with Crippen LogP contribution in [0.15, 0.2) is 72.9 Å². The molecule has 3 nitrogen and oxygen atoms in total. The molecule has 22 heavy (non-hydrogen) atoms. The van der Waals surface area contributed by atoms with Crippen molar-refractivity contribution in [2.45, 2.75) is 0 Å². The van der Waals surface area contributed by atoms with Crippen LogP contribution in [-0.2, 0) is 0 Å². The standard InChI is InChI=1S/C18H12ClN3/c19-13-8-10-14(11-9-13)22-17-7-2-1-5-15(17)21-18(22)16-6-3-4-12-20-16/h1-12H. The van der Waals surface area contributed by atoms with Gasteiger partial charge in [-0.05, 0) is 48.5 Å². The Morgan fingerprint density at radius 2 is 1.59 bits per heavy atom. The van der Waals surface area contributed by atoms with Gasteiger partial charge in [-0.3, -0.25) is 9.55 Å². The van der Waals surface area contributed by atoms with Crippen molar-refractivity contribution in [1.29, 1.82) is 0 Å². The van der Waals surface area contributed by atoms with Gasteiger partial charge in [-0.1, -0.05) is 29.8 Å². The lowest BCUT2D eigenvalue weighted by molar-refractivity contribution is 1.08. The van der Waals surface area contributed by atoms with E-state index in [0.29, 0.717) is 5.02 Å². The number of hydrogen-bond acceptors (Lipinski definition) is 2. The van der Waals surface area contributed by atoms with Crippen LogP contribution >= 0.6 is 11.6 Å². The Hall–Kier alpha value is -2.65. The van der Waals surface area contributed by atoms with Gasteiger partial charge in [0.1, 0.15) is 5.69 Å². The number of hydrogen-bond donors (Lipinski definition) is 0. The highest BCUT2D eigenvalue weighted by Crippen LogP contribution is 2.27. The summed E-state index contributed by atoms with van der Waals surface area (Å²) in [7, 11) is 0. The lowest BCUT2D eigenvalue weighted by Crippen LogP contribution is -1.98. The number of imidazole rings is 1. The first-order valence-electron chi connectivity index (χ1n) is 6.98. The number of nitrogens with zero attached hydrogens (tertiary/aromatic N) is 3. The highest BCUT2D eigenvalue weighted by atomic mass is 35.5. The van der Waals surface area contributed by atoms with Crippen LogP contribution in [0, 0.1) is 0 Å². The van der Waals surface area contributed by atoms with Gasteiger partial charge in [-0.15, -0.1) is 0 Å². The second-order valence-electron chi connectivity index (χ2n) is 4.95. The topological polar surface area (TPSA) is 30.7 Å². The number of aromatic nitrogens is 3. The third-order valence-corrected chi connectivity index (χ3v) is 3.79. The Morgan fingerprint density at radius 1 is 0.818 bits per heavy atom. The maximum absolute atomic E-state index is 6.01. The molecule has 0 amide bonds. The molecule has 0 atom stereocenters. The summed E-state index contributed by atoms with van der Waals surface area (Å²) in [6.07, 6.45) is 1.78. The summed E-state index contributed by atoms with van der Waals surface area (Å²) in [5.41, 5.74) is 3.84. The molecule has 0 aliphatic carbocycles. The molecule has 0 aliphatic heterocycles. The Labute approximate surface area is 132 Å². The van der Waals surface area contributed by atoms with E-state index in [9.17, 15) is 0 Å². The predicted octanol–water partition coefficient (Wildman–Crippen LogP) is 4.74. The van der Waals surface area contributed by atoms with Gasteiger partial charge in [0, 0.05) is 16.9 Å². The average molecular weight is 306 g/mol. The van der Waals surface area contributed by atoms with Crippen LogP contribution in [-0.4, -0.2) is 14.5 Å². The van der Waals surface area contributed by atoms with Gasteiger partial charge in [0.25, 0.3) is 0 Å². The summed E-state index contributed by atoms with van der Waals surface area (Å²) in [6.45, 7) is 0. The first-order chi connectivity index (χ1) is 10.8. The monoisotopic (exact) mass is 305 g/mol. The Morgan fingerprint density at radius 3 is 2.36 bits per heavy atom. The molecule has 0 unspecified atom stereocenters. The fourth-order valence-electron chi connectivity index (χ4n) is 2.54. The molecule has 106 valence electrons. The molecule has 2 aromatic carbocycles. The number of rotatable bonds is 2. The summed E-state index contributed by atoms with van der Waals surface area (Å²) in [5, 5.41) is 0.715. The summed E-state index contributed by atoms with van der Waals surface area (Å²) in [4.78, 5) is 9.19.